The molecule has 0 bridgehead atoms. The van der Waals surface area contributed by atoms with Gasteiger partial charge in [0.1, 0.15) is 11.6 Å². The van der Waals surface area contributed by atoms with Gasteiger partial charge in [0.15, 0.2) is 5.65 Å². The topological polar surface area (TPSA) is 39.4 Å². The molecule has 0 aliphatic carbocycles. The average molecular weight is 307 g/mol. The molecule has 0 spiro atoms. The van der Waals surface area contributed by atoms with Crippen molar-refractivity contribution in [2.24, 2.45) is 0 Å². The highest BCUT2D eigenvalue weighted by Crippen LogP contribution is 2.37. The Balaban J connectivity index is 2.21. The predicted octanol–water partition coefficient (Wildman–Crippen LogP) is 3.73. The summed E-state index contributed by atoms with van der Waals surface area (Å²) in [6, 6.07) is 6.81. The van der Waals surface area contributed by atoms with Crippen LogP contribution in [0.15, 0.2) is 36.5 Å². The van der Waals surface area contributed by atoms with Crippen LogP contribution in [0.2, 0.25) is 0 Å². The number of methoxy groups -OCH3 is 1. The molecule has 22 heavy (non-hydrogen) atoms. The summed E-state index contributed by atoms with van der Waals surface area (Å²) in [4.78, 5) is 0. The Morgan fingerprint density at radius 3 is 2.55 bits per heavy atom. The number of benzene rings is 1. The van der Waals surface area contributed by atoms with Crippen molar-refractivity contribution >= 4 is 5.65 Å². The molecule has 0 saturated heterocycles. The molecular weight excluding hydrogens is 295 g/mol. The fraction of sp³-hybridized carbons (Fsp3) is 0.200. The zero-order chi connectivity index (χ0) is 15.9. The zero-order valence-corrected chi connectivity index (χ0v) is 11.8. The third-order valence-corrected chi connectivity index (χ3v) is 3.41. The maximum atomic E-state index is 12.9. The van der Waals surface area contributed by atoms with Crippen molar-refractivity contribution in [2.75, 3.05) is 7.11 Å². The van der Waals surface area contributed by atoms with Crippen LogP contribution in [0.25, 0.3) is 16.8 Å². The molecule has 0 radical (unpaired) electrons. The van der Waals surface area contributed by atoms with E-state index in [2.05, 4.69) is 10.2 Å². The Kier molecular flexibility index (Phi) is 3.27. The highest BCUT2D eigenvalue weighted by atomic mass is 19.4. The standard InChI is InChI=1S/C15H12F3N3O/c1-9-19-20-14-6-3-10(8-21(9)14)12-7-11(15(16,17)18)4-5-13(12)22-2/h3-8H,1-2H3. The smallest absolute Gasteiger partial charge is 0.416 e. The Labute approximate surface area is 124 Å². The Hall–Kier alpha value is -2.57. The Morgan fingerprint density at radius 1 is 1.09 bits per heavy atom. The summed E-state index contributed by atoms with van der Waals surface area (Å²) in [6.07, 6.45) is -2.71. The molecule has 0 amide bonds. The predicted molar refractivity (Wildman–Crippen MR) is 74.7 cm³/mol. The van der Waals surface area contributed by atoms with E-state index in [1.165, 1.54) is 13.2 Å². The van der Waals surface area contributed by atoms with Crippen LogP contribution in [-0.4, -0.2) is 21.7 Å². The van der Waals surface area contributed by atoms with Crippen molar-refractivity contribution in [3.63, 3.8) is 0 Å². The lowest BCUT2D eigenvalue weighted by Gasteiger charge is -2.13. The number of halogens is 3. The molecule has 0 fully saturated rings. The summed E-state index contributed by atoms with van der Waals surface area (Å²) in [5.41, 5.74) is 0.877. The molecule has 2 heterocycles. The van der Waals surface area contributed by atoms with Gasteiger partial charge < -0.3 is 4.74 Å². The molecule has 3 aromatic rings. The molecule has 0 aliphatic rings. The summed E-state index contributed by atoms with van der Waals surface area (Å²) in [5, 5.41) is 7.89. The van der Waals surface area contributed by atoms with E-state index in [0.717, 1.165) is 12.1 Å². The van der Waals surface area contributed by atoms with Crippen LogP contribution in [0.1, 0.15) is 11.4 Å². The number of rotatable bonds is 2. The first kappa shape index (κ1) is 14.4. The maximum Gasteiger partial charge on any atom is 0.416 e. The second kappa shape index (κ2) is 5.01. The first-order valence-corrected chi connectivity index (χ1v) is 6.47. The van der Waals surface area contributed by atoms with Crippen LogP contribution < -0.4 is 4.74 Å². The molecule has 2 aromatic heterocycles. The minimum Gasteiger partial charge on any atom is -0.496 e. The lowest BCUT2D eigenvalue weighted by molar-refractivity contribution is -0.137. The third kappa shape index (κ3) is 2.38. The van der Waals surface area contributed by atoms with Crippen LogP contribution >= 0.6 is 0 Å². The highest BCUT2D eigenvalue weighted by Gasteiger charge is 2.31. The maximum absolute atomic E-state index is 12.9. The van der Waals surface area contributed by atoms with E-state index in [4.69, 9.17) is 4.74 Å². The summed E-state index contributed by atoms with van der Waals surface area (Å²) in [5.74, 6) is 1.03. The summed E-state index contributed by atoms with van der Waals surface area (Å²) < 4.78 is 45.7. The number of hydrogen-bond acceptors (Lipinski definition) is 3. The largest absolute Gasteiger partial charge is 0.496 e. The van der Waals surface area contributed by atoms with E-state index >= 15 is 0 Å². The quantitative estimate of drug-likeness (QED) is 0.724. The first-order valence-electron chi connectivity index (χ1n) is 6.47. The number of fused-ring (bicyclic) bond motifs is 1. The summed E-state index contributed by atoms with van der Waals surface area (Å²) in [7, 11) is 1.43. The number of alkyl halides is 3. The van der Waals surface area contributed by atoms with Gasteiger partial charge in [0.05, 0.1) is 12.7 Å². The molecule has 0 unspecified atom stereocenters. The number of nitrogens with zero attached hydrogens (tertiary/aromatic N) is 3. The van der Waals surface area contributed by atoms with Gasteiger partial charge in [-0.15, -0.1) is 10.2 Å². The molecule has 0 saturated carbocycles. The van der Waals surface area contributed by atoms with Gasteiger partial charge in [-0.1, -0.05) is 0 Å². The fourth-order valence-corrected chi connectivity index (χ4v) is 2.27. The highest BCUT2D eigenvalue weighted by molar-refractivity contribution is 5.72. The lowest BCUT2D eigenvalue weighted by atomic mass is 10.0. The van der Waals surface area contributed by atoms with Gasteiger partial charge in [-0.2, -0.15) is 13.2 Å². The minimum atomic E-state index is -4.41. The van der Waals surface area contributed by atoms with Gasteiger partial charge in [0, 0.05) is 17.3 Å². The Morgan fingerprint density at radius 2 is 1.86 bits per heavy atom. The molecule has 0 atom stereocenters. The Bertz CT molecular complexity index is 840. The minimum absolute atomic E-state index is 0.368. The second-order valence-corrected chi connectivity index (χ2v) is 4.81. The van der Waals surface area contributed by atoms with Crippen LogP contribution in [0.5, 0.6) is 5.75 Å². The van der Waals surface area contributed by atoms with Gasteiger partial charge in [0.2, 0.25) is 0 Å². The van der Waals surface area contributed by atoms with Crippen LogP contribution in [0.3, 0.4) is 0 Å². The van der Waals surface area contributed by atoms with E-state index in [1.54, 1.807) is 29.7 Å². The van der Waals surface area contributed by atoms with Gasteiger partial charge in [-0.3, -0.25) is 4.40 Å². The van der Waals surface area contributed by atoms with E-state index in [9.17, 15) is 13.2 Å². The van der Waals surface area contributed by atoms with Gasteiger partial charge in [-0.25, -0.2) is 0 Å². The SMILES string of the molecule is COc1ccc(C(F)(F)F)cc1-c1ccc2nnc(C)n2c1. The lowest BCUT2D eigenvalue weighted by Crippen LogP contribution is -2.05. The molecule has 0 N–H and O–H groups in total. The number of hydrogen-bond donors (Lipinski definition) is 0. The fourth-order valence-electron chi connectivity index (χ4n) is 2.27. The molecule has 1 aromatic carbocycles. The van der Waals surface area contributed by atoms with Crippen LogP contribution in [0.4, 0.5) is 13.2 Å². The van der Waals surface area contributed by atoms with E-state index < -0.39 is 11.7 Å². The van der Waals surface area contributed by atoms with Crippen molar-refractivity contribution < 1.29 is 17.9 Å². The zero-order valence-electron chi connectivity index (χ0n) is 11.8. The molecule has 0 aliphatic heterocycles. The van der Waals surface area contributed by atoms with Crippen LogP contribution in [0, 0.1) is 6.92 Å². The number of aryl methyl sites for hydroxylation is 1. The molecular formula is C15H12F3N3O. The summed E-state index contributed by atoms with van der Waals surface area (Å²) >= 11 is 0. The summed E-state index contributed by atoms with van der Waals surface area (Å²) in [6.45, 7) is 1.77. The molecule has 114 valence electrons. The van der Waals surface area contributed by atoms with Crippen molar-refractivity contribution in [2.45, 2.75) is 13.1 Å². The van der Waals surface area contributed by atoms with Crippen molar-refractivity contribution in [3.8, 4) is 16.9 Å². The third-order valence-electron chi connectivity index (χ3n) is 3.41. The van der Waals surface area contributed by atoms with Crippen molar-refractivity contribution in [1.29, 1.82) is 0 Å². The van der Waals surface area contributed by atoms with Gasteiger partial charge in [-0.05, 0) is 37.3 Å². The molecule has 7 heteroatoms. The van der Waals surface area contributed by atoms with Crippen molar-refractivity contribution in [3.05, 3.63) is 47.9 Å². The number of pyridine rings is 1. The van der Waals surface area contributed by atoms with Crippen molar-refractivity contribution in [1.82, 2.24) is 14.6 Å². The molecule has 3 rings (SSSR count). The van der Waals surface area contributed by atoms with Gasteiger partial charge in [0.25, 0.3) is 0 Å². The monoisotopic (exact) mass is 307 g/mol. The number of ether oxygens (including phenoxy) is 1. The van der Waals surface area contributed by atoms with E-state index in [1.807, 2.05) is 0 Å². The first-order chi connectivity index (χ1) is 10.4. The normalized spacial score (nSPS) is 11.9. The number of aromatic nitrogens is 3. The molecule has 4 nitrogen and oxygen atoms in total. The van der Waals surface area contributed by atoms with Gasteiger partial charge >= 0.3 is 6.18 Å². The van der Waals surface area contributed by atoms with Crippen LogP contribution in [-0.2, 0) is 6.18 Å². The second-order valence-electron chi connectivity index (χ2n) is 4.81. The van der Waals surface area contributed by atoms with E-state index in [0.29, 0.717) is 28.3 Å². The average Bonchev–Trinajstić information content (AvgIpc) is 2.86. The van der Waals surface area contributed by atoms with E-state index in [-0.39, 0.29) is 0 Å².